The molecule has 2 aromatic rings. The summed E-state index contributed by atoms with van der Waals surface area (Å²) in [4.78, 5) is 15.4. The minimum Gasteiger partial charge on any atom is -0.326 e. The first-order valence-corrected chi connectivity index (χ1v) is 6.22. The Morgan fingerprint density at radius 1 is 1.11 bits per heavy atom. The van der Waals surface area contributed by atoms with Crippen molar-refractivity contribution >= 4 is 11.6 Å². The molecule has 4 nitrogen and oxygen atoms in total. The van der Waals surface area contributed by atoms with Crippen LogP contribution in [0.1, 0.15) is 18.2 Å². The van der Waals surface area contributed by atoms with E-state index >= 15 is 0 Å². The van der Waals surface area contributed by atoms with Gasteiger partial charge in [0.2, 0.25) is 5.91 Å². The number of benzene rings is 1. The predicted molar refractivity (Wildman–Crippen MR) is 75.5 cm³/mol. The lowest BCUT2D eigenvalue weighted by Gasteiger charge is -2.10. The molecule has 0 unspecified atom stereocenters. The quantitative estimate of drug-likeness (QED) is 0.862. The van der Waals surface area contributed by atoms with Crippen LogP contribution in [-0.4, -0.2) is 10.9 Å². The molecular formula is C15H17N3O. The summed E-state index contributed by atoms with van der Waals surface area (Å²) in [5.41, 5.74) is 2.91. The van der Waals surface area contributed by atoms with Gasteiger partial charge < -0.3 is 10.6 Å². The van der Waals surface area contributed by atoms with Crippen LogP contribution in [0.5, 0.6) is 0 Å². The van der Waals surface area contributed by atoms with Gasteiger partial charge in [0.25, 0.3) is 0 Å². The number of amides is 1. The highest BCUT2D eigenvalue weighted by molar-refractivity contribution is 5.89. The molecule has 0 aliphatic carbocycles. The smallest absolute Gasteiger partial charge is 0.221 e. The lowest BCUT2D eigenvalue weighted by Crippen LogP contribution is -2.16. The Morgan fingerprint density at radius 2 is 1.89 bits per heavy atom. The molecule has 1 heterocycles. The molecule has 2 rings (SSSR count). The van der Waals surface area contributed by atoms with Crippen LogP contribution in [0.15, 0.2) is 48.7 Å². The Balaban J connectivity index is 1.94. The van der Waals surface area contributed by atoms with Crippen molar-refractivity contribution in [1.82, 2.24) is 10.3 Å². The Labute approximate surface area is 112 Å². The summed E-state index contributed by atoms with van der Waals surface area (Å²) in [6.45, 7) is 2.90. The van der Waals surface area contributed by atoms with Crippen LogP contribution >= 0.6 is 0 Å². The van der Waals surface area contributed by atoms with Gasteiger partial charge >= 0.3 is 0 Å². The first kappa shape index (κ1) is 13.2. The van der Waals surface area contributed by atoms with Gasteiger partial charge in [-0.3, -0.25) is 9.78 Å². The minimum absolute atomic E-state index is 0.0582. The summed E-state index contributed by atoms with van der Waals surface area (Å²) >= 11 is 0. The molecule has 0 atom stereocenters. The van der Waals surface area contributed by atoms with Gasteiger partial charge in [-0.15, -0.1) is 0 Å². The van der Waals surface area contributed by atoms with E-state index in [1.54, 1.807) is 6.20 Å². The SMILES string of the molecule is CC(=O)Nc1ccccc1CNCc1ccccn1. The second-order valence-electron chi connectivity index (χ2n) is 4.26. The number of aromatic nitrogens is 1. The fraction of sp³-hybridized carbons (Fsp3) is 0.200. The second-order valence-corrected chi connectivity index (χ2v) is 4.26. The van der Waals surface area contributed by atoms with Gasteiger partial charge in [0.05, 0.1) is 5.69 Å². The van der Waals surface area contributed by atoms with E-state index in [0.29, 0.717) is 13.1 Å². The first-order chi connectivity index (χ1) is 9.25. The van der Waals surface area contributed by atoms with Gasteiger partial charge in [0.15, 0.2) is 0 Å². The lowest BCUT2D eigenvalue weighted by atomic mass is 10.1. The first-order valence-electron chi connectivity index (χ1n) is 6.22. The molecule has 98 valence electrons. The average molecular weight is 255 g/mol. The highest BCUT2D eigenvalue weighted by Gasteiger charge is 2.02. The van der Waals surface area contributed by atoms with Crippen molar-refractivity contribution < 1.29 is 4.79 Å². The zero-order valence-corrected chi connectivity index (χ0v) is 10.9. The number of carbonyl (C=O) groups excluding carboxylic acids is 1. The summed E-state index contributed by atoms with van der Waals surface area (Å²) < 4.78 is 0. The maximum atomic E-state index is 11.1. The van der Waals surface area contributed by atoms with Gasteiger partial charge in [0, 0.05) is 31.9 Å². The molecule has 0 saturated carbocycles. The van der Waals surface area contributed by atoms with Gasteiger partial charge in [-0.05, 0) is 23.8 Å². The lowest BCUT2D eigenvalue weighted by molar-refractivity contribution is -0.114. The Hall–Kier alpha value is -2.20. The van der Waals surface area contributed by atoms with E-state index in [1.807, 2.05) is 42.5 Å². The van der Waals surface area contributed by atoms with Crippen molar-refractivity contribution in [3.63, 3.8) is 0 Å². The summed E-state index contributed by atoms with van der Waals surface area (Å²) in [5.74, 6) is -0.0582. The summed E-state index contributed by atoms with van der Waals surface area (Å²) in [6.07, 6.45) is 1.78. The number of para-hydroxylation sites is 1. The summed E-state index contributed by atoms with van der Waals surface area (Å²) in [5, 5.41) is 6.15. The van der Waals surface area contributed by atoms with E-state index < -0.39 is 0 Å². The van der Waals surface area contributed by atoms with Crippen LogP contribution < -0.4 is 10.6 Å². The number of hydrogen-bond acceptors (Lipinski definition) is 3. The molecule has 1 aromatic heterocycles. The number of carbonyl (C=O) groups is 1. The number of nitrogens with one attached hydrogen (secondary N) is 2. The van der Waals surface area contributed by atoms with Crippen molar-refractivity contribution in [1.29, 1.82) is 0 Å². The molecule has 0 fully saturated rings. The molecule has 0 aliphatic heterocycles. The van der Waals surface area contributed by atoms with Crippen LogP contribution in [0.25, 0.3) is 0 Å². The number of nitrogens with zero attached hydrogens (tertiary/aromatic N) is 1. The standard InChI is InChI=1S/C15H17N3O/c1-12(19)18-15-8-3-2-6-13(15)10-16-11-14-7-4-5-9-17-14/h2-9,16H,10-11H2,1H3,(H,18,19). The van der Waals surface area contributed by atoms with E-state index in [0.717, 1.165) is 16.9 Å². The van der Waals surface area contributed by atoms with E-state index in [1.165, 1.54) is 6.92 Å². The van der Waals surface area contributed by atoms with E-state index in [-0.39, 0.29) is 5.91 Å². The topological polar surface area (TPSA) is 54.0 Å². The predicted octanol–water partition coefficient (Wildman–Crippen LogP) is 2.33. The van der Waals surface area contributed by atoms with E-state index in [2.05, 4.69) is 15.6 Å². The van der Waals surface area contributed by atoms with Crippen molar-refractivity contribution in [3.8, 4) is 0 Å². The Bertz CT molecular complexity index is 540. The van der Waals surface area contributed by atoms with Crippen LogP contribution in [0.2, 0.25) is 0 Å². The van der Waals surface area contributed by atoms with Crippen molar-refractivity contribution in [2.24, 2.45) is 0 Å². The third-order valence-electron chi connectivity index (χ3n) is 2.68. The van der Waals surface area contributed by atoms with Crippen LogP contribution in [-0.2, 0) is 17.9 Å². The van der Waals surface area contributed by atoms with Gasteiger partial charge in [-0.25, -0.2) is 0 Å². The Kier molecular flexibility index (Phi) is 4.64. The maximum absolute atomic E-state index is 11.1. The largest absolute Gasteiger partial charge is 0.326 e. The zero-order valence-electron chi connectivity index (χ0n) is 10.9. The molecule has 0 bridgehead atoms. The highest BCUT2D eigenvalue weighted by Crippen LogP contribution is 2.14. The molecular weight excluding hydrogens is 238 g/mol. The molecule has 4 heteroatoms. The maximum Gasteiger partial charge on any atom is 0.221 e. The third-order valence-corrected chi connectivity index (χ3v) is 2.68. The van der Waals surface area contributed by atoms with Crippen molar-refractivity contribution in [2.45, 2.75) is 20.0 Å². The normalized spacial score (nSPS) is 10.2. The molecule has 0 saturated heterocycles. The fourth-order valence-corrected chi connectivity index (χ4v) is 1.81. The second kappa shape index (κ2) is 6.66. The monoisotopic (exact) mass is 255 g/mol. The fourth-order valence-electron chi connectivity index (χ4n) is 1.81. The number of anilines is 1. The molecule has 2 N–H and O–H groups in total. The summed E-state index contributed by atoms with van der Waals surface area (Å²) in [7, 11) is 0. The molecule has 0 aliphatic rings. The third kappa shape index (κ3) is 4.19. The molecule has 0 radical (unpaired) electrons. The van der Waals surface area contributed by atoms with E-state index in [4.69, 9.17) is 0 Å². The zero-order chi connectivity index (χ0) is 13.5. The van der Waals surface area contributed by atoms with Crippen LogP contribution in [0.3, 0.4) is 0 Å². The molecule has 1 amide bonds. The molecule has 1 aromatic carbocycles. The van der Waals surface area contributed by atoms with Crippen molar-refractivity contribution in [2.75, 3.05) is 5.32 Å². The number of pyridine rings is 1. The van der Waals surface area contributed by atoms with Gasteiger partial charge in [0.1, 0.15) is 0 Å². The molecule has 0 spiro atoms. The van der Waals surface area contributed by atoms with Gasteiger partial charge in [-0.1, -0.05) is 24.3 Å². The summed E-state index contributed by atoms with van der Waals surface area (Å²) in [6, 6.07) is 13.6. The highest BCUT2D eigenvalue weighted by atomic mass is 16.1. The average Bonchev–Trinajstić information content (AvgIpc) is 2.41. The van der Waals surface area contributed by atoms with Crippen molar-refractivity contribution in [3.05, 3.63) is 59.9 Å². The number of rotatable bonds is 5. The van der Waals surface area contributed by atoms with Gasteiger partial charge in [-0.2, -0.15) is 0 Å². The minimum atomic E-state index is -0.0582. The van der Waals surface area contributed by atoms with Crippen LogP contribution in [0, 0.1) is 0 Å². The molecule has 19 heavy (non-hydrogen) atoms. The van der Waals surface area contributed by atoms with Crippen LogP contribution in [0.4, 0.5) is 5.69 Å². The Morgan fingerprint density at radius 3 is 2.63 bits per heavy atom. The van der Waals surface area contributed by atoms with E-state index in [9.17, 15) is 4.79 Å². The number of hydrogen-bond donors (Lipinski definition) is 2.